The van der Waals surface area contributed by atoms with E-state index < -0.39 is 45.7 Å². The molecule has 0 aromatic rings. The predicted molar refractivity (Wildman–Crippen MR) is 116 cm³/mol. The number of ether oxygens (including phenoxy) is 1. The lowest BCUT2D eigenvalue weighted by Gasteiger charge is -2.41. The molecular weight excluding hydrogens is 417 g/mol. The molecule has 0 aliphatic carbocycles. The average Bonchev–Trinajstić information content (AvgIpc) is 2.35. The summed E-state index contributed by atoms with van der Waals surface area (Å²) >= 11 is 0. The Labute approximate surface area is 167 Å². The fourth-order valence-electron chi connectivity index (χ4n) is 2.59. The molecule has 0 amide bonds. The van der Waals surface area contributed by atoms with Crippen LogP contribution in [0.15, 0.2) is 12.2 Å². The van der Waals surface area contributed by atoms with Crippen molar-refractivity contribution in [3.63, 3.8) is 0 Å². The molecule has 0 aliphatic rings. The first kappa shape index (κ1) is 26.4. The smallest absolute Gasteiger partial charge is 0.466 e. The van der Waals surface area contributed by atoms with Crippen LogP contribution in [-0.4, -0.2) is 57.4 Å². The molecule has 0 saturated heterocycles. The standard InChI is InChI=1S/C16H36O7Si4/c1-24(2,3)21-27(9,22-25(4,5)6)23-26(7,8)14-10-13-20-16(19)12-11-15(17)18/h11-12H,10,13-14H2,1-9H3,(H,17,18). The average molecular weight is 453 g/mol. The van der Waals surface area contributed by atoms with Crippen molar-refractivity contribution in [3.05, 3.63) is 12.2 Å². The van der Waals surface area contributed by atoms with E-state index in [-0.39, 0.29) is 6.61 Å². The van der Waals surface area contributed by atoms with E-state index in [9.17, 15) is 9.59 Å². The van der Waals surface area contributed by atoms with Crippen LogP contribution in [0.4, 0.5) is 0 Å². The Bertz CT molecular complexity index is 520. The molecule has 0 saturated carbocycles. The van der Waals surface area contributed by atoms with Crippen molar-refractivity contribution >= 4 is 45.7 Å². The van der Waals surface area contributed by atoms with E-state index in [2.05, 4.69) is 52.4 Å². The molecule has 158 valence electrons. The predicted octanol–water partition coefficient (Wildman–Crippen LogP) is 4.05. The minimum Gasteiger partial charge on any atom is -0.478 e. The quantitative estimate of drug-likeness (QED) is 0.207. The van der Waals surface area contributed by atoms with Crippen molar-refractivity contribution in [2.24, 2.45) is 0 Å². The van der Waals surface area contributed by atoms with Crippen LogP contribution in [-0.2, 0) is 26.7 Å². The highest BCUT2D eigenvalue weighted by Crippen LogP contribution is 2.27. The number of carboxylic acids is 1. The molecule has 27 heavy (non-hydrogen) atoms. The van der Waals surface area contributed by atoms with Gasteiger partial charge in [-0.2, -0.15) is 0 Å². The summed E-state index contributed by atoms with van der Waals surface area (Å²) in [5.74, 6) is -1.83. The van der Waals surface area contributed by atoms with Gasteiger partial charge in [-0.05, 0) is 64.8 Å². The molecule has 0 radical (unpaired) electrons. The van der Waals surface area contributed by atoms with Crippen LogP contribution in [0, 0.1) is 0 Å². The van der Waals surface area contributed by atoms with Gasteiger partial charge in [0.05, 0.1) is 6.61 Å². The normalized spacial score (nSPS) is 13.8. The van der Waals surface area contributed by atoms with E-state index in [1.807, 2.05) is 6.55 Å². The fourth-order valence-corrected chi connectivity index (χ4v) is 18.5. The zero-order valence-corrected chi connectivity index (χ0v) is 22.2. The number of aliphatic carboxylic acids is 1. The van der Waals surface area contributed by atoms with E-state index in [0.717, 1.165) is 18.2 Å². The van der Waals surface area contributed by atoms with Crippen LogP contribution in [0.3, 0.4) is 0 Å². The SMILES string of the molecule is C[Si](C)(C)O[Si](C)(O[Si](C)(C)C)O[Si](C)(C)CCCOC(=O)C=CC(=O)O. The topological polar surface area (TPSA) is 91.3 Å². The molecule has 0 rings (SSSR count). The van der Waals surface area contributed by atoms with Gasteiger partial charge < -0.3 is 22.2 Å². The number of rotatable bonds is 12. The maximum Gasteiger partial charge on any atom is 0.466 e. The van der Waals surface area contributed by atoms with Gasteiger partial charge in [0, 0.05) is 18.7 Å². The van der Waals surface area contributed by atoms with Crippen LogP contribution in [0.2, 0.25) is 65.0 Å². The number of hydrogen-bond donors (Lipinski definition) is 1. The van der Waals surface area contributed by atoms with E-state index in [4.69, 9.17) is 22.2 Å². The van der Waals surface area contributed by atoms with Crippen LogP contribution in [0.5, 0.6) is 0 Å². The minimum absolute atomic E-state index is 0.227. The zero-order chi connectivity index (χ0) is 21.5. The third kappa shape index (κ3) is 15.1. The van der Waals surface area contributed by atoms with Crippen LogP contribution < -0.4 is 0 Å². The summed E-state index contributed by atoms with van der Waals surface area (Å²) in [5, 5.41) is 8.49. The Balaban J connectivity index is 4.76. The van der Waals surface area contributed by atoms with E-state index in [1.54, 1.807) is 0 Å². The zero-order valence-electron chi connectivity index (χ0n) is 18.2. The molecule has 0 aliphatic heterocycles. The number of carboxylic acid groups (broad SMARTS) is 1. The number of hydrogen-bond acceptors (Lipinski definition) is 6. The summed E-state index contributed by atoms with van der Waals surface area (Å²) < 4.78 is 24.3. The molecule has 0 fully saturated rings. The summed E-state index contributed by atoms with van der Waals surface area (Å²) in [6.45, 7) is 19.3. The first-order valence-corrected chi connectivity index (χ1v) is 21.3. The second-order valence-electron chi connectivity index (χ2n) is 9.10. The summed E-state index contributed by atoms with van der Waals surface area (Å²) in [7, 11) is -8.52. The second kappa shape index (κ2) is 10.3. The van der Waals surface area contributed by atoms with Gasteiger partial charge in [-0.15, -0.1) is 0 Å². The van der Waals surface area contributed by atoms with E-state index >= 15 is 0 Å². The largest absolute Gasteiger partial charge is 0.478 e. The molecule has 0 spiro atoms. The van der Waals surface area contributed by atoms with Crippen LogP contribution in [0.25, 0.3) is 0 Å². The lowest BCUT2D eigenvalue weighted by atomic mass is 10.5. The summed E-state index contributed by atoms with van der Waals surface area (Å²) in [6.07, 6.45) is 2.33. The number of carbonyl (C=O) groups excluding carboxylic acids is 1. The Morgan fingerprint density at radius 3 is 1.70 bits per heavy atom. The monoisotopic (exact) mass is 452 g/mol. The highest BCUT2D eigenvalue weighted by atomic mass is 28.5. The Hall–Kier alpha value is -0.572. The van der Waals surface area contributed by atoms with Crippen LogP contribution >= 0.6 is 0 Å². The van der Waals surface area contributed by atoms with Gasteiger partial charge in [0.25, 0.3) is 0 Å². The van der Waals surface area contributed by atoms with Gasteiger partial charge in [-0.3, -0.25) is 0 Å². The molecule has 0 aromatic heterocycles. The van der Waals surface area contributed by atoms with Crippen molar-refractivity contribution in [2.75, 3.05) is 6.61 Å². The third-order valence-electron chi connectivity index (χ3n) is 2.97. The fraction of sp³-hybridized carbons (Fsp3) is 0.750. The maximum absolute atomic E-state index is 11.4. The summed E-state index contributed by atoms with van der Waals surface area (Å²) in [4.78, 5) is 21.8. The lowest BCUT2D eigenvalue weighted by molar-refractivity contribution is -0.138. The van der Waals surface area contributed by atoms with Crippen molar-refractivity contribution < 1.29 is 31.8 Å². The van der Waals surface area contributed by atoms with E-state index in [0.29, 0.717) is 6.42 Å². The minimum atomic E-state index is -2.76. The van der Waals surface area contributed by atoms with Gasteiger partial charge in [0.1, 0.15) is 0 Å². The van der Waals surface area contributed by atoms with Crippen molar-refractivity contribution in [1.82, 2.24) is 0 Å². The first-order valence-electron chi connectivity index (χ1n) is 9.11. The summed E-state index contributed by atoms with van der Waals surface area (Å²) in [5.41, 5.74) is 0. The summed E-state index contributed by atoms with van der Waals surface area (Å²) in [6, 6.07) is 0.787. The Kier molecular flexibility index (Phi) is 10.1. The molecule has 0 aromatic carbocycles. The first-order chi connectivity index (χ1) is 11.9. The lowest BCUT2D eigenvalue weighted by Crippen LogP contribution is -2.59. The molecule has 0 heterocycles. The molecule has 7 nitrogen and oxygen atoms in total. The number of esters is 1. The van der Waals surface area contributed by atoms with Crippen LogP contribution in [0.1, 0.15) is 6.42 Å². The third-order valence-corrected chi connectivity index (χ3v) is 16.1. The van der Waals surface area contributed by atoms with Crippen molar-refractivity contribution in [3.8, 4) is 0 Å². The van der Waals surface area contributed by atoms with Gasteiger partial charge in [-0.25, -0.2) is 9.59 Å². The Morgan fingerprint density at radius 2 is 1.30 bits per heavy atom. The van der Waals surface area contributed by atoms with Crippen molar-refractivity contribution in [2.45, 2.75) is 71.4 Å². The second-order valence-corrected chi connectivity index (χ2v) is 25.7. The highest BCUT2D eigenvalue weighted by molar-refractivity contribution is 6.89. The Morgan fingerprint density at radius 1 is 0.815 bits per heavy atom. The molecule has 0 bridgehead atoms. The molecule has 11 heteroatoms. The number of carbonyl (C=O) groups is 2. The van der Waals surface area contributed by atoms with Gasteiger partial charge in [-0.1, -0.05) is 0 Å². The molecule has 1 N–H and O–H groups in total. The molecule has 0 unspecified atom stereocenters. The van der Waals surface area contributed by atoms with Gasteiger partial charge >= 0.3 is 20.7 Å². The van der Waals surface area contributed by atoms with Gasteiger partial charge in [0.2, 0.25) is 0 Å². The highest BCUT2D eigenvalue weighted by Gasteiger charge is 2.46. The van der Waals surface area contributed by atoms with E-state index in [1.165, 1.54) is 0 Å². The van der Waals surface area contributed by atoms with Gasteiger partial charge in [0.15, 0.2) is 25.0 Å². The van der Waals surface area contributed by atoms with Crippen molar-refractivity contribution in [1.29, 1.82) is 0 Å². The molecular formula is C16H36O7Si4. The molecule has 0 atom stereocenters. The maximum atomic E-state index is 11.4.